The predicted molar refractivity (Wildman–Crippen MR) is 82.9 cm³/mol. The Morgan fingerprint density at radius 1 is 1.19 bits per heavy atom. The third-order valence-corrected chi connectivity index (χ3v) is 5.02. The molecule has 2 heterocycles. The lowest BCUT2D eigenvalue weighted by atomic mass is 9.78. The Bertz CT molecular complexity index is 507. The molecule has 0 saturated heterocycles. The Hall–Kier alpha value is -1.00. The minimum Gasteiger partial charge on any atom is -0.367 e. The largest absolute Gasteiger partial charge is 0.367 e. The van der Waals surface area contributed by atoms with Crippen molar-refractivity contribution >= 4 is 0 Å². The van der Waals surface area contributed by atoms with Crippen LogP contribution >= 0.6 is 0 Å². The molecular formula is C17H27N3O. The highest BCUT2D eigenvalue weighted by Gasteiger charge is 2.40. The molecule has 1 aliphatic heterocycles. The molecule has 3 rings (SSSR count). The van der Waals surface area contributed by atoms with E-state index in [1.807, 2.05) is 0 Å². The number of nitrogens with one attached hydrogen (secondary N) is 1. The van der Waals surface area contributed by atoms with E-state index in [-0.39, 0.29) is 5.60 Å². The Morgan fingerprint density at radius 3 is 2.62 bits per heavy atom. The molecule has 1 N–H and O–H groups in total. The zero-order valence-corrected chi connectivity index (χ0v) is 13.5. The normalized spacial score (nSPS) is 28.6. The van der Waals surface area contributed by atoms with Crippen LogP contribution in [-0.2, 0) is 29.8 Å². The quantitative estimate of drug-likeness (QED) is 0.925. The molecule has 21 heavy (non-hydrogen) atoms. The van der Waals surface area contributed by atoms with Crippen molar-refractivity contribution in [2.24, 2.45) is 5.92 Å². The van der Waals surface area contributed by atoms with Gasteiger partial charge in [-0.15, -0.1) is 0 Å². The molecule has 2 aliphatic rings. The standard InChI is InChI=1S/C17H27N3O/c1-4-14-13-10-18-11-15(13)20-16(19-14)17(21-5-2)8-6-12(3)7-9-17/h12,18H,4-11H2,1-3H3. The van der Waals surface area contributed by atoms with Gasteiger partial charge in [-0.3, -0.25) is 0 Å². The summed E-state index contributed by atoms with van der Waals surface area (Å²) in [5.74, 6) is 1.73. The summed E-state index contributed by atoms with van der Waals surface area (Å²) in [4.78, 5) is 9.83. The minimum atomic E-state index is -0.247. The Balaban J connectivity index is 2.00. The molecule has 1 saturated carbocycles. The lowest BCUT2D eigenvalue weighted by molar-refractivity contribution is -0.0839. The van der Waals surface area contributed by atoms with Gasteiger partial charge in [-0.05, 0) is 44.9 Å². The molecule has 4 nitrogen and oxygen atoms in total. The average molecular weight is 289 g/mol. The summed E-state index contributed by atoms with van der Waals surface area (Å²) in [6.45, 7) is 9.11. The topological polar surface area (TPSA) is 47.0 Å². The number of hydrogen-bond donors (Lipinski definition) is 1. The molecular weight excluding hydrogens is 262 g/mol. The highest BCUT2D eigenvalue weighted by Crippen LogP contribution is 2.41. The van der Waals surface area contributed by atoms with Gasteiger partial charge in [0.25, 0.3) is 0 Å². The second kappa shape index (κ2) is 6.01. The van der Waals surface area contributed by atoms with Crippen LogP contribution in [0.25, 0.3) is 0 Å². The third kappa shape index (κ3) is 2.71. The summed E-state index contributed by atoms with van der Waals surface area (Å²) in [7, 11) is 0. The molecule has 0 bridgehead atoms. The number of nitrogens with zero attached hydrogens (tertiary/aromatic N) is 2. The first-order valence-electron chi connectivity index (χ1n) is 8.42. The first-order valence-corrected chi connectivity index (χ1v) is 8.42. The molecule has 1 aromatic rings. The number of rotatable bonds is 4. The first-order chi connectivity index (χ1) is 10.2. The predicted octanol–water partition coefficient (Wildman–Crippen LogP) is 3.08. The molecule has 0 aromatic carbocycles. The van der Waals surface area contributed by atoms with Crippen LogP contribution in [0.3, 0.4) is 0 Å². The van der Waals surface area contributed by atoms with E-state index in [4.69, 9.17) is 14.7 Å². The molecule has 0 atom stereocenters. The van der Waals surface area contributed by atoms with Gasteiger partial charge in [0.15, 0.2) is 5.82 Å². The molecule has 0 amide bonds. The number of hydrogen-bond acceptors (Lipinski definition) is 4. The fourth-order valence-electron chi connectivity index (χ4n) is 3.67. The summed E-state index contributed by atoms with van der Waals surface area (Å²) in [6, 6.07) is 0. The van der Waals surface area contributed by atoms with E-state index in [0.717, 1.165) is 50.7 Å². The smallest absolute Gasteiger partial charge is 0.160 e. The van der Waals surface area contributed by atoms with Crippen LogP contribution in [0.15, 0.2) is 0 Å². The van der Waals surface area contributed by atoms with E-state index in [0.29, 0.717) is 0 Å². The van der Waals surface area contributed by atoms with Crippen LogP contribution in [0.4, 0.5) is 0 Å². The third-order valence-electron chi connectivity index (χ3n) is 5.02. The van der Waals surface area contributed by atoms with Gasteiger partial charge in [0, 0.05) is 31.0 Å². The van der Waals surface area contributed by atoms with Gasteiger partial charge in [0.2, 0.25) is 0 Å². The fourth-order valence-corrected chi connectivity index (χ4v) is 3.67. The Kier molecular flexibility index (Phi) is 4.27. The molecule has 0 unspecified atom stereocenters. The van der Waals surface area contributed by atoms with Crippen LogP contribution in [-0.4, -0.2) is 16.6 Å². The first kappa shape index (κ1) is 14.9. The monoisotopic (exact) mass is 289 g/mol. The van der Waals surface area contributed by atoms with Gasteiger partial charge in [0.1, 0.15) is 5.60 Å². The van der Waals surface area contributed by atoms with Crippen molar-refractivity contribution in [3.63, 3.8) is 0 Å². The molecule has 1 aromatic heterocycles. The van der Waals surface area contributed by atoms with Crippen molar-refractivity contribution in [2.45, 2.75) is 71.6 Å². The molecule has 0 radical (unpaired) electrons. The highest BCUT2D eigenvalue weighted by atomic mass is 16.5. The summed E-state index contributed by atoms with van der Waals surface area (Å²) in [5.41, 5.74) is 3.47. The van der Waals surface area contributed by atoms with E-state index >= 15 is 0 Å². The van der Waals surface area contributed by atoms with Crippen LogP contribution in [0.1, 0.15) is 69.2 Å². The summed E-state index contributed by atoms with van der Waals surface area (Å²) >= 11 is 0. The molecule has 116 valence electrons. The maximum Gasteiger partial charge on any atom is 0.160 e. The summed E-state index contributed by atoms with van der Waals surface area (Å²) in [6.07, 6.45) is 5.49. The van der Waals surface area contributed by atoms with Gasteiger partial charge in [-0.1, -0.05) is 13.8 Å². The van der Waals surface area contributed by atoms with E-state index in [2.05, 4.69) is 26.1 Å². The van der Waals surface area contributed by atoms with Crippen molar-refractivity contribution in [1.82, 2.24) is 15.3 Å². The number of aromatic nitrogens is 2. The van der Waals surface area contributed by atoms with Gasteiger partial charge in [-0.25, -0.2) is 9.97 Å². The van der Waals surface area contributed by atoms with Gasteiger partial charge in [0.05, 0.1) is 5.69 Å². The fraction of sp³-hybridized carbons (Fsp3) is 0.765. The number of aryl methyl sites for hydroxylation is 1. The maximum atomic E-state index is 6.22. The van der Waals surface area contributed by atoms with Crippen molar-refractivity contribution in [3.8, 4) is 0 Å². The van der Waals surface area contributed by atoms with E-state index in [1.165, 1.54) is 29.8 Å². The molecule has 1 fully saturated rings. The summed E-state index contributed by atoms with van der Waals surface area (Å²) in [5, 5.41) is 3.40. The number of fused-ring (bicyclic) bond motifs is 1. The average Bonchev–Trinajstić information content (AvgIpc) is 2.97. The van der Waals surface area contributed by atoms with Crippen LogP contribution < -0.4 is 5.32 Å². The van der Waals surface area contributed by atoms with Gasteiger partial charge in [-0.2, -0.15) is 0 Å². The summed E-state index contributed by atoms with van der Waals surface area (Å²) < 4.78 is 6.22. The van der Waals surface area contributed by atoms with E-state index in [1.54, 1.807) is 0 Å². The van der Waals surface area contributed by atoms with E-state index in [9.17, 15) is 0 Å². The Morgan fingerprint density at radius 2 is 1.95 bits per heavy atom. The molecule has 4 heteroatoms. The van der Waals surface area contributed by atoms with Crippen molar-refractivity contribution in [1.29, 1.82) is 0 Å². The molecule has 1 aliphatic carbocycles. The van der Waals surface area contributed by atoms with Crippen molar-refractivity contribution in [2.75, 3.05) is 6.61 Å². The van der Waals surface area contributed by atoms with Crippen LogP contribution in [0.5, 0.6) is 0 Å². The van der Waals surface area contributed by atoms with Crippen LogP contribution in [0, 0.1) is 5.92 Å². The van der Waals surface area contributed by atoms with E-state index < -0.39 is 0 Å². The minimum absolute atomic E-state index is 0.247. The second-order valence-electron chi connectivity index (χ2n) is 6.49. The van der Waals surface area contributed by atoms with Gasteiger partial charge >= 0.3 is 0 Å². The zero-order chi connectivity index (χ0) is 14.9. The SMILES string of the molecule is CCOC1(c2nc(CC)c3c(n2)CNC3)CCC(C)CC1. The zero-order valence-electron chi connectivity index (χ0n) is 13.5. The molecule has 0 spiro atoms. The van der Waals surface area contributed by atoms with Crippen molar-refractivity contribution in [3.05, 3.63) is 22.8 Å². The maximum absolute atomic E-state index is 6.22. The highest BCUT2D eigenvalue weighted by molar-refractivity contribution is 5.30. The second-order valence-corrected chi connectivity index (χ2v) is 6.49. The Labute approximate surface area is 127 Å². The van der Waals surface area contributed by atoms with Crippen molar-refractivity contribution < 1.29 is 4.74 Å². The lowest BCUT2D eigenvalue weighted by Gasteiger charge is -2.38. The number of ether oxygens (including phenoxy) is 1. The van der Waals surface area contributed by atoms with Gasteiger partial charge < -0.3 is 10.1 Å². The lowest BCUT2D eigenvalue weighted by Crippen LogP contribution is -2.37. The van der Waals surface area contributed by atoms with Crippen LogP contribution in [0.2, 0.25) is 0 Å².